The van der Waals surface area contributed by atoms with Crippen molar-refractivity contribution >= 4 is 101 Å². The Labute approximate surface area is 208 Å². The standard InChI is InChI=1S/C26H20B6O2/c1-25(2)26(3,4)34-32(33-25)24-15-11-7-5-9-13(15)17(14-10-6-8-12-16(14)24)18-19(27)21(29)23(31)22(30)20(18)28/h5-12H,1-4H3. The molecular formula is C26H20B6O2. The fourth-order valence-electron chi connectivity index (χ4n) is 4.77. The second kappa shape index (κ2) is 7.86. The van der Waals surface area contributed by atoms with Crippen LogP contribution in [-0.4, -0.2) is 57.6 Å². The van der Waals surface area contributed by atoms with Gasteiger partial charge in [-0.1, -0.05) is 59.5 Å². The molecule has 0 aliphatic carbocycles. The summed E-state index contributed by atoms with van der Waals surface area (Å²) in [6.07, 6.45) is 0. The molecule has 154 valence electrons. The fourth-order valence-corrected chi connectivity index (χ4v) is 4.77. The van der Waals surface area contributed by atoms with Crippen LogP contribution < -0.4 is 32.8 Å². The van der Waals surface area contributed by atoms with Crippen LogP contribution in [0.25, 0.3) is 32.7 Å². The minimum atomic E-state index is -0.551. The lowest BCUT2D eigenvalue weighted by Crippen LogP contribution is -2.55. The molecule has 4 aromatic rings. The van der Waals surface area contributed by atoms with Gasteiger partial charge in [-0.2, -0.15) is 0 Å². The van der Waals surface area contributed by atoms with Crippen molar-refractivity contribution in [3.8, 4) is 11.1 Å². The molecule has 1 fully saturated rings. The van der Waals surface area contributed by atoms with Crippen molar-refractivity contribution in [3.05, 3.63) is 48.5 Å². The zero-order chi connectivity index (χ0) is 24.6. The Balaban J connectivity index is 1.93. The summed E-state index contributed by atoms with van der Waals surface area (Å²) in [6, 6.07) is 16.1. The Kier molecular flexibility index (Phi) is 5.42. The van der Waals surface area contributed by atoms with Gasteiger partial charge in [-0.3, -0.25) is 0 Å². The summed E-state index contributed by atoms with van der Waals surface area (Å²) < 4.78 is 13.0. The van der Waals surface area contributed by atoms with Gasteiger partial charge in [-0.25, -0.2) is 0 Å². The quantitative estimate of drug-likeness (QED) is 0.328. The van der Waals surface area contributed by atoms with E-state index in [1.54, 1.807) is 0 Å². The van der Waals surface area contributed by atoms with Crippen molar-refractivity contribution in [2.75, 3.05) is 0 Å². The molecule has 10 radical (unpaired) electrons. The van der Waals surface area contributed by atoms with E-state index < -0.39 is 18.3 Å². The molecule has 0 spiro atoms. The average Bonchev–Trinajstić information content (AvgIpc) is 3.02. The SMILES string of the molecule is [B]c1c([B])c([B])c(-c2c3ccccc3c(B3OC(C)(C)C(C)(C)O3)c3ccccc23)c([B])c1[B]. The predicted octanol–water partition coefficient (Wildman–Crippen LogP) is -0.0718. The topological polar surface area (TPSA) is 18.5 Å². The summed E-state index contributed by atoms with van der Waals surface area (Å²) in [4.78, 5) is 0. The van der Waals surface area contributed by atoms with Gasteiger partial charge in [0, 0.05) is 0 Å². The Morgan fingerprint density at radius 2 is 0.882 bits per heavy atom. The summed E-state index contributed by atoms with van der Waals surface area (Å²) in [5, 5.41) is 3.82. The van der Waals surface area contributed by atoms with Gasteiger partial charge >= 0.3 is 7.12 Å². The first kappa shape index (κ1) is 23.5. The first-order chi connectivity index (χ1) is 16.0. The van der Waals surface area contributed by atoms with Crippen LogP contribution in [-0.2, 0) is 9.31 Å². The van der Waals surface area contributed by atoms with E-state index in [1.165, 1.54) is 0 Å². The highest BCUT2D eigenvalue weighted by Gasteiger charge is 2.52. The van der Waals surface area contributed by atoms with E-state index in [9.17, 15) is 0 Å². The van der Waals surface area contributed by atoms with Crippen LogP contribution in [0.1, 0.15) is 27.7 Å². The number of rotatable bonds is 2. The van der Waals surface area contributed by atoms with Gasteiger partial charge in [0.15, 0.2) is 0 Å². The lowest BCUT2D eigenvalue weighted by atomic mass is 9.59. The Hall–Kier alpha value is -2.29. The molecule has 0 bridgehead atoms. The van der Waals surface area contributed by atoms with Crippen LogP contribution in [0.5, 0.6) is 0 Å². The van der Waals surface area contributed by atoms with Crippen molar-refractivity contribution in [3.63, 3.8) is 0 Å². The number of fused-ring (bicyclic) bond motifs is 2. The maximum absolute atomic E-state index is 6.51. The van der Waals surface area contributed by atoms with E-state index in [0.717, 1.165) is 32.6 Å². The first-order valence-electron chi connectivity index (χ1n) is 11.3. The zero-order valence-electron chi connectivity index (χ0n) is 19.9. The van der Waals surface area contributed by atoms with Gasteiger partial charge in [-0.15, -0.1) is 16.4 Å². The van der Waals surface area contributed by atoms with E-state index in [4.69, 9.17) is 48.5 Å². The smallest absolute Gasteiger partial charge is 0.399 e. The molecule has 2 nitrogen and oxygen atoms in total. The summed E-state index contributed by atoms with van der Waals surface area (Å²) in [5.74, 6) is 0. The largest absolute Gasteiger partial charge is 0.496 e. The monoisotopic (exact) mass is 430 g/mol. The van der Waals surface area contributed by atoms with Crippen LogP contribution in [0, 0.1) is 0 Å². The molecule has 0 unspecified atom stereocenters. The lowest BCUT2D eigenvalue weighted by Gasteiger charge is -2.32. The highest BCUT2D eigenvalue weighted by molar-refractivity contribution is 6.71. The molecule has 1 aliphatic rings. The van der Waals surface area contributed by atoms with Gasteiger partial charge < -0.3 is 9.31 Å². The molecule has 5 rings (SSSR count). The summed E-state index contributed by atoms with van der Waals surface area (Å²) in [5.41, 5.74) is 2.70. The van der Waals surface area contributed by atoms with Crippen LogP contribution >= 0.6 is 0 Å². The van der Waals surface area contributed by atoms with Gasteiger partial charge in [0.2, 0.25) is 0 Å². The molecule has 0 saturated carbocycles. The van der Waals surface area contributed by atoms with Crippen molar-refractivity contribution in [2.45, 2.75) is 38.9 Å². The summed E-state index contributed by atoms with van der Waals surface area (Å²) in [7, 11) is 31.0. The Morgan fingerprint density at radius 1 is 0.529 bits per heavy atom. The van der Waals surface area contributed by atoms with Crippen LogP contribution in [0.15, 0.2) is 48.5 Å². The Morgan fingerprint density at radius 3 is 1.29 bits per heavy atom. The van der Waals surface area contributed by atoms with Crippen molar-refractivity contribution in [1.29, 1.82) is 0 Å². The normalized spacial score (nSPS) is 17.0. The summed E-state index contributed by atoms with van der Waals surface area (Å²) in [6.45, 7) is 8.19. The number of hydrogen-bond acceptors (Lipinski definition) is 2. The Bertz CT molecular complexity index is 1380. The second-order valence-electron chi connectivity index (χ2n) is 9.91. The third-order valence-corrected chi connectivity index (χ3v) is 7.41. The third kappa shape index (κ3) is 3.26. The maximum atomic E-state index is 6.51. The van der Waals surface area contributed by atoms with Gasteiger partial charge in [0.1, 0.15) is 39.2 Å². The van der Waals surface area contributed by atoms with E-state index in [-0.39, 0.29) is 16.4 Å². The molecular weight excluding hydrogens is 409 g/mol. The van der Waals surface area contributed by atoms with E-state index in [2.05, 4.69) is 12.1 Å². The molecule has 1 aliphatic heterocycles. The molecule has 0 amide bonds. The minimum Gasteiger partial charge on any atom is -0.399 e. The first-order valence-corrected chi connectivity index (χ1v) is 11.3. The lowest BCUT2D eigenvalue weighted by molar-refractivity contribution is 0.00578. The zero-order valence-corrected chi connectivity index (χ0v) is 19.9. The number of benzene rings is 4. The van der Waals surface area contributed by atoms with Crippen LogP contribution in [0.4, 0.5) is 0 Å². The van der Waals surface area contributed by atoms with Gasteiger partial charge in [0.05, 0.1) is 11.2 Å². The van der Waals surface area contributed by atoms with Crippen molar-refractivity contribution in [2.24, 2.45) is 0 Å². The maximum Gasteiger partial charge on any atom is 0.496 e. The minimum absolute atomic E-state index is 0.196. The van der Waals surface area contributed by atoms with E-state index in [1.807, 2.05) is 64.1 Å². The van der Waals surface area contributed by atoms with Crippen molar-refractivity contribution < 1.29 is 9.31 Å². The molecule has 8 heteroatoms. The predicted molar refractivity (Wildman–Crippen MR) is 150 cm³/mol. The summed E-state index contributed by atoms with van der Waals surface area (Å²) >= 11 is 0. The molecule has 0 aromatic heterocycles. The molecule has 1 saturated heterocycles. The fraction of sp³-hybridized carbons (Fsp3) is 0.231. The van der Waals surface area contributed by atoms with Crippen LogP contribution in [0.3, 0.4) is 0 Å². The second-order valence-corrected chi connectivity index (χ2v) is 9.91. The average molecular weight is 429 g/mol. The highest BCUT2D eigenvalue weighted by Crippen LogP contribution is 2.40. The molecule has 0 atom stereocenters. The molecule has 0 N–H and O–H groups in total. The molecule has 1 heterocycles. The molecule has 4 aromatic carbocycles. The molecule has 34 heavy (non-hydrogen) atoms. The van der Waals surface area contributed by atoms with Gasteiger partial charge in [-0.05, 0) is 65.8 Å². The van der Waals surface area contributed by atoms with Crippen molar-refractivity contribution in [1.82, 2.24) is 0 Å². The van der Waals surface area contributed by atoms with E-state index in [0.29, 0.717) is 16.5 Å². The number of hydrogen-bond donors (Lipinski definition) is 0. The third-order valence-electron chi connectivity index (χ3n) is 7.41. The van der Waals surface area contributed by atoms with Gasteiger partial charge in [0.25, 0.3) is 0 Å². The van der Waals surface area contributed by atoms with Crippen LogP contribution in [0.2, 0.25) is 0 Å². The van der Waals surface area contributed by atoms with E-state index >= 15 is 0 Å². The highest BCUT2D eigenvalue weighted by atomic mass is 16.7.